The van der Waals surface area contributed by atoms with Gasteiger partial charge in [-0.2, -0.15) is 0 Å². The van der Waals surface area contributed by atoms with Gasteiger partial charge in [0, 0.05) is 11.1 Å². The number of fused-ring (bicyclic) bond motifs is 1. The van der Waals surface area contributed by atoms with Crippen molar-refractivity contribution in [2.45, 2.75) is 24.8 Å². The molecule has 94 valence electrons. The third-order valence-corrected chi connectivity index (χ3v) is 4.72. The first kappa shape index (κ1) is 11.7. The van der Waals surface area contributed by atoms with Gasteiger partial charge in [0.1, 0.15) is 5.54 Å². The molecule has 0 bridgehead atoms. The molecular formula is C14H15NO2S. The molecule has 1 unspecified atom stereocenters. The van der Waals surface area contributed by atoms with Crippen LogP contribution in [0.1, 0.15) is 18.4 Å². The van der Waals surface area contributed by atoms with Crippen LogP contribution in [0.3, 0.4) is 0 Å². The number of carbonyl (C=O) groups is 1. The van der Waals surface area contributed by atoms with Gasteiger partial charge in [0.25, 0.3) is 0 Å². The van der Waals surface area contributed by atoms with Crippen LogP contribution >= 0.6 is 11.3 Å². The lowest BCUT2D eigenvalue weighted by atomic mass is 9.89. The van der Waals surface area contributed by atoms with Gasteiger partial charge in [0.2, 0.25) is 0 Å². The van der Waals surface area contributed by atoms with Crippen LogP contribution < -0.4 is 5.32 Å². The summed E-state index contributed by atoms with van der Waals surface area (Å²) in [6.07, 6.45) is 2.23. The molecule has 0 amide bonds. The van der Waals surface area contributed by atoms with Gasteiger partial charge in [-0.1, -0.05) is 18.2 Å². The van der Waals surface area contributed by atoms with Gasteiger partial charge in [-0.05, 0) is 41.8 Å². The van der Waals surface area contributed by atoms with Crippen molar-refractivity contribution in [1.29, 1.82) is 0 Å². The van der Waals surface area contributed by atoms with Gasteiger partial charge in [-0.3, -0.25) is 4.79 Å². The predicted octanol–water partition coefficient (Wildman–Crippen LogP) is 2.65. The van der Waals surface area contributed by atoms with E-state index in [0.29, 0.717) is 12.8 Å². The Labute approximate surface area is 109 Å². The van der Waals surface area contributed by atoms with Crippen LogP contribution in [-0.2, 0) is 11.2 Å². The highest BCUT2D eigenvalue weighted by Crippen LogP contribution is 2.31. The van der Waals surface area contributed by atoms with E-state index in [1.54, 1.807) is 11.3 Å². The van der Waals surface area contributed by atoms with E-state index >= 15 is 0 Å². The Morgan fingerprint density at radius 3 is 3.00 bits per heavy atom. The minimum Gasteiger partial charge on any atom is -0.480 e. The summed E-state index contributed by atoms with van der Waals surface area (Å²) in [5.74, 6) is -0.727. The molecule has 1 atom stereocenters. The Bertz CT molecular complexity index is 584. The number of hydrogen-bond acceptors (Lipinski definition) is 3. The highest BCUT2D eigenvalue weighted by molar-refractivity contribution is 7.17. The van der Waals surface area contributed by atoms with Crippen molar-refractivity contribution >= 4 is 27.4 Å². The molecular weight excluding hydrogens is 246 g/mol. The maximum atomic E-state index is 11.5. The SMILES string of the molecule is O=C(O)C1(Cc2csc3ccccc23)CCCN1. The minimum absolute atomic E-state index is 0.576. The fraction of sp³-hybridized carbons (Fsp3) is 0.357. The highest BCUT2D eigenvalue weighted by atomic mass is 32.1. The monoisotopic (exact) mass is 261 g/mol. The van der Waals surface area contributed by atoms with E-state index in [4.69, 9.17) is 0 Å². The number of benzene rings is 1. The molecule has 3 nitrogen and oxygen atoms in total. The highest BCUT2D eigenvalue weighted by Gasteiger charge is 2.41. The number of hydrogen-bond donors (Lipinski definition) is 2. The van der Waals surface area contributed by atoms with E-state index in [1.807, 2.05) is 12.1 Å². The number of nitrogens with one attached hydrogen (secondary N) is 1. The number of aliphatic carboxylic acids is 1. The van der Waals surface area contributed by atoms with Crippen LogP contribution in [0.5, 0.6) is 0 Å². The van der Waals surface area contributed by atoms with Crippen molar-refractivity contribution in [3.8, 4) is 0 Å². The third-order valence-electron chi connectivity index (χ3n) is 3.71. The second kappa shape index (κ2) is 4.37. The Morgan fingerprint density at radius 1 is 1.44 bits per heavy atom. The molecule has 0 aliphatic carbocycles. The Hall–Kier alpha value is -1.39. The number of carboxylic acid groups (broad SMARTS) is 1. The van der Waals surface area contributed by atoms with E-state index in [0.717, 1.165) is 18.5 Å². The Kier molecular flexibility index (Phi) is 2.84. The van der Waals surface area contributed by atoms with Crippen molar-refractivity contribution in [3.63, 3.8) is 0 Å². The van der Waals surface area contributed by atoms with Crippen molar-refractivity contribution in [2.75, 3.05) is 6.54 Å². The van der Waals surface area contributed by atoms with E-state index < -0.39 is 11.5 Å². The summed E-state index contributed by atoms with van der Waals surface area (Å²) in [5, 5.41) is 15.9. The molecule has 1 aromatic carbocycles. The van der Waals surface area contributed by atoms with Crippen molar-refractivity contribution < 1.29 is 9.90 Å². The van der Waals surface area contributed by atoms with Crippen molar-refractivity contribution in [3.05, 3.63) is 35.2 Å². The first-order valence-corrected chi connectivity index (χ1v) is 7.03. The van der Waals surface area contributed by atoms with Crippen LogP contribution in [0.2, 0.25) is 0 Å². The number of thiophene rings is 1. The fourth-order valence-electron chi connectivity index (χ4n) is 2.71. The lowest BCUT2D eigenvalue weighted by Crippen LogP contribution is -2.49. The maximum absolute atomic E-state index is 11.5. The summed E-state index contributed by atoms with van der Waals surface area (Å²) in [6.45, 7) is 0.800. The van der Waals surface area contributed by atoms with E-state index in [9.17, 15) is 9.90 Å². The zero-order chi connectivity index (χ0) is 12.6. The summed E-state index contributed by atoms with van der Waals surface area (Å²) in [5.41, 5.74) is 0.386. The maximum Gasteiger partial charge on any atom is 0.324 e. The Balaban J connectivity index is 1.98. The van der Waals surface area contributed by atoms with Crippen LogP contribution in [0.4, 0.5) is 0 Å². The van der Waals surface area contributed by atoms with Gasteiger partial charge >= 0.3 is 5.97 Å². The quantitative estimate of drug-likeness (QED) is 0.893. The standard InChI is InChI=1S/C14H15NO2S/c16-13(17)14(6-3-7-15-14)8-10-9-18-12-5-2-1-4-11(10)12/h1-2,4-5,9,15H,3,6-8H2,(H,16,17). The predicted molar refractivity (Wildman–Crippen MR) is 73.1 cm³/mol. The molecule has 2 aromatic rings. The molecule has 0 radical (unpaired) electrons. The smallest absolute Gasteiger partial charge is 0.324 e. The molecule has 1 aliphatic heterocycles. The summed E-state index contributed by atoms with van der Waals surface area (Å²) in [4.78, 5) is 11.5. The molecule has 1 aromatic heterocycles. The van der Waals surface area contributed by atoms with Gasteiger partial charge in [0.05, 0.1) is 0 Å². The van der Waals surface area contributed by atoms with Crippen molar-refractivity contribution in [1.82, 2.24) is 5.32 Å². The number of rotatable bonds is 3. The molecule has 1 fully saturated rings. The van der Waals surface area contributed by atoms with Crippen molar-refractivity contribution in [2.24, 2.45) is 0 Å². The summed E-state index contributed by atoms with van der Waals surface area (Å²) < 4.78 is 1.23. The molecule has 0 saturated carbocycles. The molecule has 1 saturated heterocycles. The van der Waals surface area contributed by atoms with Gasteiger partial charge in [-0.15, -0.1) is 11.3 Å². The van der Waals surface area contributed by atoms with Crippen LogP contribution in [-0.4, -0.2) is 23.2 Å². The molecule has 2 heterocycles. The summed E-state index contributed by atoms with van der Waals surface area (Å²) >= 11 is 1.69. The summed E-state index contributed by atoms with van der Waals surface area (Å²) in [7, 11) is 0. The first-order valence-electron chi connectivity index (χ1n) is 6.15. The van der Waals surface area contributed by atoms with E-state index in [-0.39, 0.29) is 0 Å². The third kappa shape index (κ3) is 1.82. The Morgan fingerprint density at radius 2 is 2.28 bits per heavy atom. The van der Waals surface area contributed by atoms with Gasteiger partial charge in [0.15, 0.2) is 0 Å². The molecule has 18 heavy (non-hydrogen) atoms. The van der Waals surface area contributed by atoms with E-state index in [1.165, 1.54) is 10.1 Å². The molecule has 1 aliphatic rings. The zero-order valence-corrected chi connectivity index (χ0v) is 10.8. The molecule has 0 spiro atoms. The van der Waals surface area contributed by atoms with Gasteiger partial charge in [-0.25, -0.2) is 0 Å². The molecule has 3 rings (SSSR count). The molecule has 2 N–H and O–H groups in total. The average Bonchev–Trinajstić information content (AvgIpc) is 2.99. The lowest BCUT2D eigenvalue weighted by molar-refractivity contribution is -0.144. The topological polar surface area (TPSA) is 49.3 Å². The second-order valence-electron chi connectivity index (χ2n) is 4.85. The fourth-order valence-corrected chi connectivity index (χ4v) is 3.67. The first-order chi connectivity index (χ1) is 8.71. The largest absolute Gasteiger partial charge is 0.480 e. The average molecular weight is 261 g/mol. The van der Waals surface area contributed by atoms with Gasteiger partial charge < -0.3 is 10.4 Å². The number of carboxylic acids is 1. The van der Waals surface area contributed by atoms with Crippen LogP contribution in [0.25, 0.3) is 10.1 Å². The lowest BCUT2D eigenvalue weighted by Gasteiger charge is -2.24. The minimum atomic E-state index is -0.760. The zero-order valence-electron chi connectivity index (χ0n) is 9.98. The van der Waals surface area contributed by atoms with Crippen LogP contribution in [0.15, 0.2) is 29.6 Å². The summed E-state index contributed by atoms with van der Waals surface area (Å²) in [6, 6.07) is 8.18. The molecule has 4 heteroatoms. The van der Waals surface area contributed by atoms with E-state index in [2.05, 4.69) is 22.8 Å². The van der Waals surface area contributed by atoms with Crippen LogP contribution in [0, 0.1) is 0 Å². The normalized spacial score (nSPS) is 23.6. The second-order valence-corrected chi connectivity index (χ2v) is 5.76.